The lowest BCUT2D eigenvalue weighted by molar-refractivity contribution is 0.171. The molecule has 0 unspecified atom stereocenters. The molecule has 0 spiro atoms. The Labute approximate surface area is 162 Å². The van der Waals surface area contributed by atoms with Gasteiger partial charge in [-0.3, -0.25) is 0 Å². The number of nitrogens with zero attached hydrogens (tertiary/aromatic N) is 2. The van der Waals surface area contributed by atoms with E-state index in [4.69, 9.17) is 14.5 Å². The first-order valence-corrected chi connectivity index (χ1v) is 9.35. The van der Waals surface area contributed by atoms with Gasteiger partial charge in [0, 0.05) is 30.3 Å². The summed E-state index contributed by atoms with van der Waals surface area (Å²) in [5.41, 5.74) is 3.75. The van der Waals surface area contributed by atoms with Gasteiger partial charge >= 0.3 is 6.03 Å². The van der Waals surface area contributed by atoms with Gasteiger partial charge in [-0.2, -0.15) is 0 Å². The fourth-order valence-corrected chi connectivity index (χ4v) is 3.52. The van der Waals surface area contributed by atoms with Crippen LogP contribution >= 0.6 is 0 Å². The highest BCUT2D eigenvalue weighted by Gasteiger charge is 2.24. The van der Waals surface area contributed by atoms with Gasteiger partial charge in [-0.15, -0.1) is 0 Å². The summed E-state index contributed by atoms with van der Waals surface area (Å²) >= 11 is 0. The molecular formula is C21H20N4O3. The molecule has 2 aliphatic heterocycles. The molecule has 0 fully saturated rings. The molecule has 2 N–H and O–H groups in total. The van der Waals surface area contributed by atoms with Crippen LogP contribution in [0.1, 0.15) is 11.4 Å². The minimum atomic E-state index is -0.141. The third kappa shape index (κ3) is 3.15. The SMILES string of the molecule is O=C(Nc1ccc2c(c1)OCCO2)N1CCc2nc(-c3ccccc3)[nH]c2C1. The molecule has 2 aromatic carbocycles. The largest absolute Gasteiger partial charge is 0.486 e. The van der Waals surface area contributed by atoms with Crippen LogP contribution in [0.5, 0.6) is 11.5 Å². The van der Waals surface area contributed by atoms with E-state index in [0.29, 0.717) is 43.5 Å². The topological polar surface area (TPSA) is 79.5 Å². The molecule has 28 heavy (non-hydrogen) atoms. The minimum Gasteiger partial charge on any atom is -0.486 e. The van der Waals surface area contributed by atoms with Gasteiger partial charge in [0.15, 0.2) is 11.5 Å². The number of aromatic nitrogens is 2. The van der Waals surface area contributed by atoms with Crippen molar-refractivity contribution in [1.29, 1.82) is 0 Å². The summed E-state index contributed by atoms with van der Waals surface area (Å²) in [6.45, 7) is 2.20. The maximum absolute atomic E-state index is 12.7. The number of carbonyl (C=O) groups excluding carboxylic acids is 1. The van der Waals surface area contributed by atoms with Crippen molar-refractivity contribution < 1.29 is 14.3 Å². The van der Waals surface area contributed by atoms with Crippen LogP contribution in [-0.4, -0.2) is 40.7 Å². The third-order valence-electron chi connectivity index (χ3n) is 4.96. The molecule has 3 heterocycles. The van der Waals surface area contributed by atoms with E-state index in [1.165, 1.54) is 0 Å². The second-order valence-electron chi connectivity index (χ2n) is 6.84. The quantitative estimate of drug-likeness (QED) is 0.718. The Hall–Kier alpha value is -3.48. The second kappa shape index (κ2) is 6.92. The van der Waals surface area contributed by atoms with Crippen molar-refractivity contribution in [3.05, 3.63) is 59.9 Å². The van der Waals surface area contributed by atoms with Crippen LogP contribution in [0.15, 0.2) is 48.5 Å². The number of benzene rings is 2. The van der Waals surface area contributed by atoms with Gasteiger partial charge in [-0.1, -0.05) is 30.3 Å². The van der Waals surface area contributed by atoms with Crippen LogP contribution in [-0.2, 0) is 13.0 Å². The van der Waals surface area contributed by atoms with Crippen LogP contribution in [0.2, 0.25) is 0 Å². The number of imidazole rings is 1. The van der Waals surface area contributed by atoms with Crippen molar-refractivity contribution in [3.8, 4) is 22.9 Å². The average Bonchev–Trinajstić information content (AvgIpc) is 3.18. The van der Waals surface area contributed by atoms with E-state index in [-0.39, 0.29) is 6.03 Å². The molecule has 142 valence electrons. The van der Waals surface area contributed by atoms with Crippen LogP contribution in [0, 0.1) is 0 Å². The molecule has 0 saturated carbocycles. The van der Waals surface area contributed by atoms with Gasteiger partial charge in [-0.05, 0) is 12.1 Å². The number of amides is 2. The standard InChI is InChI=1S/C21H20N4O3/c26-21(22-15-6-7-18-19(12-15)28-11-10-27-18)25-9-8-16-17(13-25)24-20(23-16)14-4-2-1-3-5-14/h1-7,12H,8-11,13H2,(H,22,26)(H,23,24). The summed E-state index contributed by atoms with van der Waals surface area (Å²) in [4.78, 5) is 22.6. The van der Waals surface area contributed by atoms with E-state index in [1.807, 2.05) is 42.5 Å². The lowest BCUT2D eigenvalue weighted by Gasteiger charge is -2.26. The van der Waals surface area contributed by atoms with Crippen molar-refractivity contribution in [2.75, 3.05) is 25.1 Å². The Balaban J connectivity index is 1.29. The monoisotopic (exact) mass is 376 g/mol. The van der Waals surface area contributed by atoms with Gasteiger partial charge in [0.2, 0.25) is 0 Å². The van der Waals surface area contributed by atoms with Gasteiger partial charge < -0.3 is 24.7 Å². The van der Waals surface area contributed by atoms with Crippen LogP contribution < -0.4 is 14.8 Å². The Morgan fingerprint density at radius 3 is 2.75 bits per heavy atom. The molecule has 0 saturated heterocycles. The van der Waals surface area contributed by atoms with E-state index in [1.54, 1.807) is 11.0 Å². The van der Waals surface area contributed by atoms with E-state index < -0.39 is 0 Å². The van der Waals surface area contributed by atoms with Gasteiger partial charge in [0.05, 0.1) is 17.9 Å². The summed E-state index contributed by atoms with van der Waals surface area (Å²) in [5, 5.41) is 2.95. The Morgan fingerprint density at radius 2 is 1.89 bits per heavy atom. The first-order valence-electron chi connectivity index (χ1n) is 9.35. The number of anilines is 1. The predicted molar refractivity (Wildman–Crippen MR) is 105 cm³/mol. The number of nitrogens with one attached hydrogen (secondary N) is 2. The first kappa shape index (κ1) is 16.7. The molecule has 0 radical (unpaired) electrons. The number of rotatable bonds is 2. The fourth-order valence-electron chi connectivity index (χ4n) is 3.52. The number of urea groups is 1. The Morgan fingerprint density at radius 1 is 1.07 bits per heavy atom. The maximum atomic E-state index is 12.7. The van der Waals surface area contributed by atoms with Crippen molar-refractivity contribution in [1.82, 2.24) is 14.9 Å². The predicted octanol–water partition coefficient (Wildman–Crippen LogP) is 3.44. The molecule has 0 bridgehead atoms. The average molecular weight is 376 g/mol. The molecule has 7 heteroatoms. The zero-order valence-corrected chi connectivity index (χ0v) is 15.3. The van der Waals surface area contributed by atoms with Crippen molar-refractivity contribution in [2.24, 2.45) is 0 Å². The fraction of sp³-hybridized carbons (Fsp3) is 0.238. The van der Waals surface area contributed by atoms with E-state index >= 15 is 0 Å². The molecule has 2 aliphatic rings. The van der Waals surface area contributed by atoms with E-state index in [2.05, 4.69) is 10.3 Å². The lowest BCUT2D eigenvalue weighted by Crippen LogP contribution is -2.39. The Kier molecular flexibility index (Phi) is 4.12. The summed E-state index contributed by atoms with van der Waals surface area (Å²) in [5.74, 6) is 2.21. The van der Waals surface area contributed by atoms with Crippen LogP contribution in [0.25, 0.3) is 11.4 Å². The minimum absolute atomic E-state index is 0.141. The number of hydrogen-bond donors (Lipinski definition) is 2. The summed E-state index contributed by atoms with van der Waals surface area (Å²) in [6, 6.07) is 15.3. The van der Waals surface area contributed by atoms with Gasteiger partial charge in [0.1, 0.15) is 19.0 Å². The van der Waals surface area contributed by atoms with Crippen molar-refractivity contribution in [2.45, 2.75) is 13.0 Å². The molecule has 7 nitrogen and oxygen atoms in total. The molecule has 1 aromatic heterocycles. The number of aromatic amines is 1. The zero-order valence-electron chi connectivity index (χ0n) is 15.3. The lowest BCUT2D eigenvalue weighted by atomic mass is 10.1. The highest BCUT2D eigenvalue weighted by atomic mass is 16.6. The van der Waals surface area contributed by atoms with E-state index in [9.17, 15) is 4.79 Å². The molecule has 0 atom stereocenters. The van der Waals surface area contributed by atoms with Crippen molar-refractivity contribution in [3.63, 3.8) is 0 Å². The number of H-pyrrole nitrogens is 1. The molecule has 0 aliphatic carbocycles. The smallest absolute Gasteiger partial charge is 0.322 e. The molecule has 3 aromatic rings. The van der Waals surface area contributed by atoms with Crippen LogP contribution in [0.3, 0.4) is 0 Å². The number of ether oxygens (including phenoxy) is 2. The second-order valence-corrected chi connectivity index (χ2v) is 6.84. The number of hydrogen-bond acceptors (Lipinski definition) is 4. The van der Waals surface area contributed by atoms with Gasteiger partial charge in [-0.25, -0.2) is 9.78 Å². The maximum Gasteiger partial charge on any atom is 0.322 e. The normalized spacial score (nSPS) is 15.1. The summed E-state index contributed by atoms with van der Waals surface area (Å²) < 4.78 is 11.1. The first-order chi connectivity index (χ1) is 13.8. The summed E-state index contributed by atoms with van der Waals surface area (Å²) in [6.07, 6.45) is 0.729. The van der Waals surface area contributed by atoms with Gasteiger partial charge in [0.25, 0.3) is 0 Å². The Bertz CT molecular complexity index is 1020. The molecule has 2 amide bonds. The van der Waals surface area contributed by atoms with Crippen LogP contribution in [0.4, 0.5) is 10.5 Å². The highest BCUT2D eigenvalue weighted by molar-refractivity contribution is 5.90. The number of fused-ring (bicyclic) bond motifs is 2. The van der Waals surface area contributed by atoms with Crippen molar-refractivity contribution >= 4 is 11.7 Å². The molecule has 5 rings (SSSR count). The molecular weight excluding hydrogens is 356 g/mol. The number of carbonyl (C=O) groups is 1. The third-order valence-corrected chi connectivity index (χ3v) is 4.96. The zero-order chi connectivity index (χ0) is 18.9. The summed E-state index contributed by atoms with van der Waals surface area (Å²) in [7, 11) is 0. The highest BCUT2D eigenvalue weighted by Crippen LogP contribution is 2.33. The van der Waals surface area contributed by atoms with E-state index in [0.717, 1.165) is 29.2 Å².